The van der Waals surface area contributed by atoms with Crippen LogP contribution in [0.1, 0.15) is 17.2 Å². The summed E-state index contributed by atoms with van der Waals surface area (Å²) in [6, 6.07) is 15.7. The van der Waals surface area contributed by atoms with Crippen LogP contribution in [0.25, 0.3) is 0 Å². The molecule has 1 atom stereocenters. The molecule has 0 aromatic heterocycles. The average molecular weight is 498 g/mol. The standard InChI is InChI=1S/C25H24ClN3O6/c1-33-23-13-16-11-12-28(25(30)27-18-5-3-17(26)4-6-18)22(21(16)14-24(23)34-2)15-35-20-9-7-19(8-10-20)29(31)32/h3-10,13-14,22H,11-12,15H2,1-2H3,(H,27,30)/t22-/m0/s1. The molecule has 0 bridgehead atoms. The number of benzene rings is 3. The molecule has 3 aromatic rings. The van der Waals surface area contributed by atoms with Crippen LogP contribution in [0.2, 0.25) is 5.02 Å². The monoisotopic (exact) mass is 497 g/mol. The van der Waals surface area contributed by atoms with E-state index in [9.17, 15) is 14.9 Å². The number of carbonyl (C=O) groups excluding carboxylic acids is 1. The molecule has 0 saturated carbocycles. The summed E-state index contributed by atoms with van der Waals surface area (Å²) in [5.41, 5.74) is 2.49. The second-order valence-corrected chi connectivity index (χ2v) is 8.30. The number of halogens is 1. The normalized spacial score (nSPS) is 14.6. The van der Waals surface area contributed by atoms with Gasteiger partial charge in [-0.25, -0.2) is 4.79 Å². The SMILES string of the molecule is COc1cc2c(cc1OC)[C@H](COc1ccc([N+](=O)[O-])cc1)N(C(=O)Nc1ccc(Cl)cc1)CC2. The Kier molecular flexibility index (Phi) is 7.26. The molecule has 9 nitrogen and oxygen atoms in total. The van der Waals surface area contributed by atoms with Crippen molar-refractivity contribution in [1.82, 2.24) is 4.90 Å². The molecule has 1 aliphatic heterocycles. The number of anilines is 1. The van der Waals surface area contributed by atoms with Gasteiger partial charge >= 0.3 is 6.03 Å². The number of hydrogen-bond acceptors (Lipinski definition) is 6. The summed E-state index contributed by atoms with van der Waals surface area (Å²) < 4.78 is 16.9. The van der Waals surface area contributed by atoms with Crippen molar-refractivity contribution in [3.63, 3.8) is 0 Å². The summed E-state index contributed by atoms with van der Waals surface area (Å²) >= 11 is 5.96. The summed E-state index contributed by atoms with van der Waals surface area (Å²) in [6.07, 6.45) is 0.623. The number of fused-ring (bicyclic) bond motifs is 1. The lowest BCUT2D eigenvalue weighted by atomic mass is 9.92. The van der Waals surface area contributed by atoms with Gasteiger partial charge in [-0.2, -0.15) is 0 Å². The summed E-state index contributed by atoms with van der Waals surface area (Å²) in [5, 5.41) is 14.4. The molecule has 1 N–H and O–H groups in total. The maximum atomic E-state index is 13.3. The van der Waals surface area contributed by atoms with E-state index in [0.29, 0.717) is 40.9 Å². The molecular formula is C25H24ClN3O6. The number of non-ortho nitro benzene ring substituents is 1. The first-order chi connectivity index (χ1) is 16.9. The molecule has 0 fully saturated rings. The Balaban J connectivity index is 1.62. The van der Waals surface area contributed by atoms with Gasteiger partial charge in [0.1, 0.15) is 12.4 Å². The first kappa shape index (κ1) is 24.2. The third-order valence-electron chi connectivity index (χ3n) is 5.81. The Labute approximate surface area is 207 Å². The maximum absolute atomic E-state index is 13.3. The van der Waals surface area contributed by atoms with Gasteiger partial charge in [0, 0.05) is 29.4 Å². The van der Waals surface area contributed by atoms with Gasteiger partial charge in [0.2, 0.25) is 0 Å². The fourth-order valence-corrected chi connectivity index (χ4v) is 4.14. The van der Waals surface area contributed by atoms with Crippen LogP contribution < -0.4 is 19.5 Å². The number of carbonyl (C=O) groups is 1. The van der Waals surface area contributed by atoms with Gasteiger partial charge in [-0.05, 0) is 66.1 Å². The Hall–Kier alpha value is -3.98. The third kappa shape index (κ3) is 5.41. The lowest BCUT2D eigenvalue weighted by molar-refractivity contribution is -0.384. The van der Waals surface area contributed by atoms with Crippen molar-refractivity contribution in [2.75, 3.05) is 32.7 Å². The number of nitrogens with zero attached hydrogens (tertiary/aromatic N) is 2. The summed E-state index contributed by atoms with van der Waals surface area (Å²) in [5.74, 6) is 1.62. The average Bonchev–Trinajstić information content (AvgIpc) is 2.87. The van der Waals surface area contributed by atoms with Gasteiger partial charge in [0.05, 0.1) is 25.2 Å². The Morgan fingerprint density at radius 1 is 1.09 bits per heavy atom. The molecule has 4 rings (SSSR count). The summed E-state index contributed by atoms with van der Waals surface area (Å²) in [7, 11) is 3.13. The number of rotatable bonds is 7. The molecule has 1 aliphatic rings. The molecule has 1 heterocycles. The van der Waals surface area contributed by atoms with Crippen molar-refractivity contribution in [2.24, 2.45) is 0 Å². The van der Waals surface area contributed by atoms with Gasteiger partial charge in [-0.1, -0.05) is 11.6 Å². The van der Waals surface area contributed by atoms with E-state index in [1.807, 2.05) is 12.1 Å². The molecule has 0 unspecified atom stereocenters. The molecule has 3 aromatic carbocycles. The van der Waals surface area contributed by atoms with Crippen LogP contribution in [-0.4, -0.2) is 43.2 Å². The molecule has 0 aliphatic carbocycles. The van der Waals surface area contributed by atoms with Crippen molar-refractivity contribution < 1.29 is 23.9 Å². The fraction of sp³-hybridized carbons (Fsp3) is 0.240. The van der Waals surface area contributed by atoms with Crippen molar-refractivity contribution in [3.8, 4) is 17.2 Å². The van der Waals surface area contributed by atoms with Crippen LogP contribution in [0.4, 0.5) is 16.2 Å². The minimum atomic E-state index is -0.469. The Morgan fingerprint density at radius 2 is 1.74 bits per heavy atom. The minimum absolute atomic E-state index is 0.0267. The van der Waals surface area contributed by atoms with E-state index in [1.165, 1.54) is 24.3 Å². The van der Waals surface area contributed by atoms with Crippen molar-refractivity contribution in [2.45, 2.75) is 12.5 Å². The van der Waals surface area contributed by atoms with Crippen LogP contribution in [0, 0.1) is 10.1 Å². The lowest BCUT2D eigenvalue weighted by Gasteiger charge is -2.37. The Bertz CT molecular complexity index is 1220. The van der Waals surface area contributed by atoms with Crippen LogP contribution in [-0.2, 0) is 6.42 Å². The number of hydrogen-bond donors (Lipinski definition) is 1. The van der Waals surface area contributed by atoms with E-state index in [2.05, 4.69) is 5.32 Å². The highest BCUT2D eigenvalue weighted by molar-refractivity contribution is 6.30. The maximum Gasteiger partial charge on any atom is 0.322 e. The molecule has 0 saturated heterocycles. The number of methoxy groups -OCH3 is 2. The largest absolute Gasteiger partial charge is 0.493 e. The van der Waals surface area contributed by atoms with E-state index in [4.69, 9.17) is 25.8 Å². The smallest absolute Gasteiger partial charge is 0.322 e. The van der Waals surface area contributed by atoms with Gasteiger partial charge in [-0.15, -0.1) is 0 Å². The fourth-order valence-electron chi connectivity index (χ4n) is 4.02. The Morgan fingerprint density at radius 3 is 2.37 bits per heavy atom. The highest BCUT2D eigenvalue weighted by atomic mass is 35.5. The predicted octanol–water partition coefficient (Wildman–Crippen LogP) is 5.48. The summed E-state index contributed by atoms with van der Waals surface area (Å²) in [6.45, 7) is 0.588. The topological polar surface area (TPSA) is 103 Å². The van der Waals surface area contributed by atoms with Crippen LogP contribution >= 0.6 is 11.6 Å². The second kappa shape index (κ2) is 10.5. The first-order valence-corrected chi connectivity index (χ1v) is 11.2. The molecule has 0 spiro atoms. The van der Waals surface area contributed by atoms with Crippen molar-refractivity contribution in [3.05, 3.63) is 86.9 Å². The van der Waals surface area contributed by atoms with Crippen LogP contribution in [0.15, 0.2) is 60.7 Å². The zero-order valence-electron chi connectivity index (χ0n) is 19.2. The summed E-state index contributed by atoms with van der Waals surface area (Å²) in [4.78, 5) is 25.4. The van der Waals surface area contributed by atoms with E-state index in [1.54, 1.807) is 43.4 Å². The van der Waals surface area contributed by atoms with Gasteiger partial charge in [0.25, 0.3) is 5.69 Å². The zero-order valence-corrected chi connectivity index (χ0v) is 19.9. The van der Waals surface area contributed by atoms with E-state index < -0.39 is 11.0 Å². The number of nitro benzene ring substituents is 1. The number of ether oxygens (including phenoxy) is 3. The van der Waals surface area contributed by atoms with Gasteiger partial charge < -0.3 is 24.4 Å². The predicted molar refractivity (Wildman–Crippen MR) is 132 cm³/mol. The van der Waals surface area contributed by atoms with E-state index in [0.717, 1.165) is 11.1 Å². The van der Waals surface area contributed by atoms with Crippen molar-refractivity contribution in [1.29, 1.82) is 0 Å². The van der Waals surface area contributed by atoms with E-state index >= 15 is 0 Å². The molecule has 10 heteroatoms. The third-order valence-corrected chi connectivity index (χ3v) is 6.07. The number of nitro groups is 1. The molecule has 182 valence electrons. The number of amides is 2. The highest BCUT2D eigenvalue weighted by Crippen LogP contribution is 2.38. The minimum Gasteiger partial charge on any atom is -0.493 e. The zero-order chi connectivity index (χ0) is 24.9. The quantitative estimate of drug-likeness (QED) is 0.342. The van der Waals surface area contributed by atoms with Gasteiger partial charge in [0.15, 0.2) is 11.5 Å². The molecular weight excluding hydrogens is 474 g/mol. The number of nitrogens with one attached hydrogen (secondary N) is 1. The highest BCUT2D eigenvalue weighted by Gasteiger charge is 2.33. The van der Waals surface area contributed by atoms with Crippen LogP contribution in [0.5, 0.6) is 17.2 Å². The number of urea groups is 1. The molecule has 0 radical (unpaired) electrons. The molecule has 2 amide bonds. The van der Waals surface area contributed by atoms with E-state index in [-0.39, 0.29) is 18.3 Å². The molecule has 35 heavy (non-hydrogen) atoms. The lowest BCUT2D eigenvalue weighted by Crippen LogP contribution is -2.44. The van der Waals surface area contributed by atoms with Crippen molar-refractivity contribution >= 4 is 29.0 Å². The van der Waals surface area contributed by atoms with Crippen LogP contribution in [0.3, 0.4) is 0 Å². The van der Waals surface area contributed by atoms with Gasteiger partial charge in [-0.3, -0.25) is 10.1 Å². The second-order valence-electron chi connectivity index (χ2n) is 7.86. The first-order valence-electron chi connectivity index (χ1n) is 10.8.